The Morgan fingerprint density at radius 2 is 1.62 bits per heavy atom. The van der Waals surface area contributed by atoms with E-state index in [2.05, 4.69) is 0 Å². The van der Waals surface area contributed by atoms with Gasteiger partial charge in [0.25, 0.3) is 0 Å². The molecule has 0 aliphatic carbocycles. The second kappa shape index (κ2) is 4.50. The lowest BCUT2D eigenvalue weighted by Crippen LogP contribution is -1.95. The summed E-state index contributed by atoms with van der Waals surface area (Å²) in [6.45, 7) is 1.58. The molecule has 0 saturated carbocycles. The zero-order valence-corrected chi connectivity index (χ0v) is 9.66. The van der Waals surface area contributed by atoms with Gasteiger partial charge in [-0.25, -0.2) is 0 Å². The van der Waals surface area contributed by atoms with Crippen LogP contribution >= 0.6 is 11.6 Å². The summed E-state index contributed by atoms with van der Waals surface area (Å²) in [6.07, 6.45) is 0. The Morgan fingerprint density at radius 1 is 1.00 bits per heavy atom. The third kappa shape index (κ3) is 2.15. The lowest BCUT2D eigenvalue weighted by Gasteiger charge is -2.06. The van der Waals surface area contributed by atoms with Crippen molar-refractivity contribution < 1.29 is 4.79 Å². The smallest absolute Gasteiger partial charge is 0.160 e. The molecule has 0 aliphatic rings. The Hall–Kier alpha value is -1.60. The van der Waals surface area contributed by atoms with Crippen molar-refractivity contribution in [3.8, 4) is 11.1 Å². The van der Waals surface area contributed by atoms with Crippen molar-refractivity contribution in [1.82, 2.24) is 0 Å². The Kier molecular flexibility index (Phi) is 3.07. The van der Waals surface area contributed by atoms with Crippen LogP contribution in [0.2, 0.25) is 5.02 Å². The Bertz CT molecular complexity index is 515. The molecule has 80 valence electrons. The van der Waals surface area contributed by atoms with Crippen LogP contribution in [0, 0.1) is 0 Å². The molecule has 0 amide bonds. The highest BCUT2D eigenvalue weighted by atomic mass is 35.5. The number of ketones is 1. The van der Waals surface area contributed by atoms with E-state index in [4.69, 9.17) is 11.6 Å². The second-order valence-corrected chi connectivity index (χ2v) is 4.05. The van der Waals surface area contributed by atoms with E-state index in [9.17, 15) is 4.79 Å². The fraction of sp³-hybridized carbons (Fsp3) is 0.0714. The summed E-state index contributed by atoms with van der Waals surface area (Å²) in [7, 11) is 0. The first kappa shape index (κ1) is 10.9. The number of hydrogen-bond acceptors (Lipinski definition) is 1. The molecule has 0 radical (unpaired) electrons. The summed E-state index contributed by atoms with van der Waals surface area (Å²) in [5, 5.41) is 0.698. The molecule has 0 unspecified atom stereocenters. The number of carbonyl (C=O) groups excluding carboxylic acids is 1. The van der Waals surface area contributed by atoms with E-state index in [1.807, 2.05) is 48.5 Å². The quantitative estimate of drug-likeness (QED) is 0.707. The van der Waals surface area contributed by atoms with Crippen LogP contribution in [0.5, 0.6) is 0 Å². The van der Waals surface area contributed by atoms with Crippen molar-refractivity contribution in [2.45, 2.75) is 6.92 Å². The largest absolute Gasteiger partial charge is 0.294 e. The van der Waals surface area contributed by atoms with Gasteiger partial charge >= 0.3 is 0 Å². The van der Waals surface area contributed by atoms with Crippen molar-refractivity contribution in [2.75, 3.05) is 0 Å². The lowest BCUT2D eigenvalue weighted by atomic mass is 9.98. The second-order valence-electron chi connectivity index (χ2n) is 3.61. The van der Waals surface area contributed by atoms with Gasteiger partial charge in [-0.15, -0.1) is 0 Å². The zero-order valence-electron chi connectivity index (χ0n) is 8.91. The average Bonchev–Trinajstić information content (AvgIpc) is 2.30. The zero-order chi connectivity index (χ0) is 11.5. The molecular weight excluding hydrogens is 220 g/mol. The molecule has 0 aromatic heterocycles. The normalized spacial score (nSPS) is 10.1. The van der Waals surface area contributed by atoms with Crippen LogP contribution in [-0.2, 0) is 0 Å². The summed E-state index contributed by atoms with van der Waals surface area (Å²) in [5.41, 5.74) is 2.70. The van der Waals surface area contributed by atoms with Crippen LogP contribution in [0.3, 0.4) is 0 Å². The number of Topliss-reactive ketones (excluding diaryl/α,β-unsaturated/α-hetero) is 1. The summed E-state index contributed by atoms with van der Waals surface area (Å²) in [6, 6.07) is 15.1. The highest BCUT2D eigenvalue weighted by Crippen LogP contribution is 2.25. The van der Waals surface area contributed by atoms with Crippen LogP contribution in [-0.4, -0.2) is 5.78 Å². The molecule has 0 N–H and O–H groups in total. The van der Waals surface area contributed by atoms with E-state index in [0.29, 0.717) is 5.02 Å². The summed E-state index contributed by atoms with van der Waals surface area (Å²) in [4.78, 5) is 11.5. The standard InChI is InChI=1S/C14H11ClO/c1-10(16)13-4-2-3-5-14(13)11-6-8-12(15)9-7-11/h2-9H,1H3. The molecule has 0 fully saturated rings. The number of benzene rings is 2. The van der Waals surface area contributed by atoms with Crippen LogP contribution in [0.4, 0.5) is 0 Å². The summed E-state index contributed by atoms with van der Waals surface area (Å²) >= 11 is 5.83. The van der Waals surface area contributed by atoms with Gasteiger partial charge in [0.15, 0.2) is 5.78 Å². The van der Waals surface area contributed by atoms with Gasteiger partial charge in [0.05, 0.1) is 0 Å². The van der Waals surface area contributed by atoms with Gasteiger partial charge < -0.3 is 0 Å². The highest BCUT2D eigenvalue weighted by molar-refractivity contribution is 6.30. The van der Waals surface area contributed by atoms with Gasteiger partial charge in [0.1, 0.15) is 0 Å². The van der Waals surface area contributed by atoms with E-state index >= 15 is 0 Å². The van der Waals surface area contributed by atoms with Crippen molar-refractivity contribution in [3.05, 3.63) is 59.1 Å². The van der Waals surface area contributed by atoms with Gasteiger partial charge in [0, 0.05) is 10.6 Å². The summed E-state index contributed by atoms with van der Waals surface area (Å²) < 4.78 is 0. The van der Waals surface area contributed by atoms with Crippen LogP contribution in [0.25, 0.3) is 11.1 Å². The molecule has 1 nitrogen and oxygen atoms in total. The maximum Gasteiger partial charge on any atom is 0.160 e. The molecule has 2 aromatic carbocycles. The Balaban J connectivity index is 2.55. The van der Waals surface area contributed by atoms with Crippen LogP contribution in [0.15, 0.2) is 48.5 Å². The van der Waals surface area contributed by atoms with Crippen LogP contribution in [0.1, 0.15) is 17.3 Å². The molecule has 2 rings (SSSR count). The number of rotatable bonds is 2. The number of carbonyl (C=O) groups is 1. The van der Waals surface area contributed by atoms with E-state index in [1.165, 1.54) is 0 Å². The molecule has 0 atom stereocenters. The van der Waals surface area contributed by atoms with Crippen molar-refractivity contribution >= 4 is 17.4 Å². The van der Waals surface area contributed by atoms with Crippen molar-refractivity contribution in [2.24, 2.45) is 0 Å². The van der Waals surface area contributed by atoms with Gasteiger partial charge in [-0.1, -0.05) is 48.0 Å². The van der Waals surface area contributed by atoms with Gasteiger partial charge in [-0.3, -0.25) is 4.79 Å². The van der Waals surface area contributed by atoms with E-state index < -0.39 is 0 Å². The third-order valence-electron chi connectivity index (χ3n) is 2.46. The van der Waals surface area contributed by atoms with Gasteiger partial charge in [0.2, 0.25) is 0 Å². The molecule has 0 saturated heterocycles. The van der Waals surface area contributed by atoms with Gasteiger partial charge in [-0.05, 0) is 30.2 Å². The topological polar surface area (TPSA) is 17.1 Å². The fourth-order valence-electron chi connectivity index (χ4n) is 1.67. The first-order valence-electron chi connectivity index (χ1n) is 5.04. The minimum Gasteiger partial charge on any atom is -0.294 e. The molecule has 0 aliphatic heterocycles. The van der Waals surface area contributed by atoms with Crippen molar-refractivity contribution in [3.63, 3.8) is 0 Å². The number of hydrogen-bond donors (Lipinski definition) is 0. The Labute approximate surface area is 99.7 Å². The summed E-state index contributed by atoms with van der Waals surface area (Å²) in [5.74, 6) is 0.0746. The molecule has 0 bridgehead atoms. The van der Waals surface area contributed by atoms with E-state index in [-0.39, 0.29) is 5.78 Å². The first-order chi connectivity index (χ1) is 7.68. The highest BCUT2D eigenvalue weighted by Gasteiger charge is 2.07. The van der Waals surface area contributed by atoms with E-state index in [0.717, 1.165) is 16.7 Å². The average molecular weight is 231 g/mol. The van der Waals surface area contributed by atoms with E-state index in [1.54, 1.807) is 6.92 Å². The SMILES string of the molecule is CC(=O)c1ccccc1-c1ccc(Cl)cc1. The first-order valence-corrected chi connectivity index (χ1v) is 5.42. The minimum atomic E-state index is 0.0746. The molecule has 0 heterocycles. The lowest BCUT2D eigenvalue weighted by molar-refractivity contribution is 0.101. The third-order valence-corrected chi connectivity index (χ3v) is 2.71. The maximum absolute atomic E-state index is 11.5. The molecular formula is C14H11ClO. The Morgan fingerprint density at radius 3 is 2.25 bits per heavy atom. The molecule has 0 spiro atoms. The molecule has 2 heteroatoms. The molecule has 2 aromatic rings. The predicted molar refractivity (Wildman–Crippen MR) is 66.9 cm³/mol. The van der Waals surface area contributed by atoms with Crippen molar-refractivity contribution in [1.29, 1.82) is 0 Å². The monoisotopic (exact) mass is 230 g/mol. The minimum absolute atomic E-state index is 0.0746. The van der Waals surface area contributed by atoms with Gasteiger partial charge in [-0.2, -0.15) is 0 Å². The van der Waals surface area contributed by atoms with Crippen LogP contribution < -0.4 is 0 Å². The predicted octanol–water partition coefficient (Wildman–Crippen LogP) is 4.21. The fourth-order valence-corrected chi connectivity index (χ4v) is 1.80. The molecule has 16 heavy (non-hydrogen) atoms. The maximum atomic E-state index is 11.5. The number of halogens is 1.